The predicted octanol–water partition coefficient (Wildman–Crippen LogP) is 3.94. The van der Waals surface area contributed by atoms with Gasteiger partial charge < -0.3 is 0 Å². The Kier molecular flexibility index (Phi) is 9.60. The molecule has 0 aromatic rings. The van der Waals surface area contributed by atoms with Crippen molar-refractivity contribution < 1.29 is 0 Å². The summed E-state index contributed by atoms with van der Waals surface area (Å²) < 4.78 is 0. The van der Waals surface area contributed by atoms with Crippen molar-refractivity contribution in [2.75, 3.05) is 16.8 Å². The molecule has 0 aromatic heterocycles. The van der Waals surface area contributed by atoms with E-state index in [1.165, 1.54) is 36.1 Å². The van der Waals surface area contributed by atoms with Crippen molar-refractivity contribution >= 4 is 27.7 Å². The summed E-state index contributed by atoms with van der Waals surface area (Å²) in [7, 11) is 0. The zero-order valence-corrected chi connectivity index (χ0v) is 10.0. The second-order valence-electron chi connectivity index (χ2n) is 2.77. The van der Waals surface area contributed by atoms with Gasteiger partial charge in [0.2, 0.25) is 0 Å². The molecule has 0 saturated heterocycles. The number of hydrogen-bond donors (Lipinski definition) is 0. The monoisotopic (exact) mass is 238 g/mol. The average Bonchev–Trinajstić information content (AvgIpc) is 2.05. The molecule has 1 unspecified atom stereocenters. The summed E-state index contributed by atoms with van der Waals surface area (Å²) in [6.07, 6.45) is 4.11. The van der Waals surface area contributed by atoms with Crippen LogP contribution in [0.1, 0.15) is 33.1 Å². The van der Waals surface area contributed by atoms with E-state index in [0.29, 0.717) is 0 Å². The summed E-state index contributed by atoms with van der Waals surface area (Å²) in [5, 5.41) is 1.18. The number of alkyl halides is 1. The lowest BCUT2D eigenvalue weighted by Crippen LogP contribution is -2.00. The molecule has 0 N–H and O–H groups in total. The van der Waals surface area contributed by atoms with E-state index < -0.39 is 0 Å². The van der Waals surface area contributed by atoms with E-state index >= 15 is 0 Å². The Morgan fingerprint density at radius 3 is 2.55 bits per heavy atom. The number of hydrogen-bond acceptors (Lipinski definition) is 1. The summed E-state index contributed by atoms with van der Waals surface area (Å²) in [4.78, 5) is 0. The van der Waals surface area contributed by atoms with Gasteiger partial charge in [-0.25, -0.2) is 0 Å². The van der Waals surface area contributed by atoms with Gasteiger partial charge in [0.25, 0.3) is 0 Å². The first kappa shape index (κ1) is 11.8. The lowest BCUT2D eigenvalue weighted by molar-refractivity contribution is 0.523. The predicted molar refractivity (Wildman–Crippen MR) is 59.8 cm³/mol. The van der Waals surface area contributed by atoms with Gasteiger partial charge >= 0.3 is 0 Å². The summed E-state index contributed by atoms with van der Waals surface area (Å²) in [6.45, 7) is 4.51. The minimum absolute atomic E-state index is 0.910. The van der Waals surface area contributed by atoms with Crippen molar-refractivity contribution in [2.24, 2.45) is 5.92 Å². The SMILES string of the molecule is CCSCCCC(CC)CBr. The van der Waals surface area contributed by atoms with Gasteiger partial charge in [0.1, 0.15) is 0 Å². The van der Waals surface area contributed by atoms with Crippen molar-refractivity contribution in [2.45, 2.75) is 33.1 Å². The van der Waals surface area contributed by atoms with Crippen LogP contribution in [0.25, 0.3) is 0 Å². The second-order valence-corrected chi connectivity index (χ2v) is 4.81. The van der Waals surface area contributed by atoms with Gasteiger partial charge in [-0.15, -0.1) is 0 Å². The molecule has 2 heteroatoms. The molecule has 0 rings (SSSR count). The highest BCUT2D eigenvalue weighted by Gasteiger charge is 2.02. The zero-order valence-electron chi connectivity index (χ0n) is 7.61. The van der Waals surface area contributed by atoms with E-state index in [-0.39, 0.29) is 0 Å². The first-order chi connectivity index (χ1) is 5.35. The summed E-state index contributed by atoms with van der Waals surface area (Å²) in [5.74, 6) is 3.53. The van der Waals surface area contributed by atoms with Crippen molar-refractivity contribution in [1.29, 1.82) is 0 Å². The van der Waals surface area contributed by atoms with Crippen molar-refractivity contribution in [3.05, 3.63) is 0 Å². The quantitative estimate of drug-likeness (QED) is 0.479. The minimum Gasteiger partial charge on any atom is -0.162 e. The highest BCUT2D eigenvalue weighted by Crippen LogP contribution is 2.15. The third-order valence-electron chi connectivity index (χ3n) is 1.90. The molecule has 0 bridgehead atoms. The molecule has 0 heterocycles. The van der Waals surface area contributed by atoms with Crippen LogP contribution in [0.5, 0.6) is 0 Å². The Labute approximate surface area is 83.6 Å². The Balaban J connectivity index is 3.07. The molecule has 0 saturated carbocycles. The van der Waals surface area contributed by atoms with Crippen LogP contribution in [0.3, 0.4) is 0 Å². The largest absolute Gasteiger partial charge is 0.162 e. The molecule has 0 nitrogen and oxygen atoms in total. The summed E-state index contributed by atoms with van der Waals surface area (Å²) in [5.41, 5.74) is 0. The lowest BCUT2D eigenvalue weighted by Gasteiger charge is -2.09. The smallest absolute Gasteiger partial charge is 0.00595 e. The standard InChI is InChI=1S/C9H19BrS/c1-3-9(8-10)6-5-7-11-4-2/h9H,3-8H2,1-2H3. The van der Waals surface area contributed by atoms with Gasteiger partial charge in [-0.1, -0.05) is 36.2 Å². The topological polar surface area (TPSA) is 0 Å². The van der Waals surface area contributed by atoms with E-state index in [1.807, 2.05) is 0 Å². The Bertz CT molecular complexity index is 72.0. The Morgan fingerprint density at radius 2 is 2.09 bits per heavy atom. The lowest BCUT2D eigenvalue weighted by atomic mass is 10.0. The Morgan fingerprint density at radius 1 is 1.36 bits per heavy atom. The molecule has 0 aromatic carbocycles. The van der Waals surface area contributed by atoms with Crippen LogP contribution in [-0.2, 0) is 0 Å². The van der Waals surface area contributed by atoms with Crippen molar-refractivity contribution in [1.82, 2.24) is 0 Å². The molecule has 0 spiro atoms. The highest BCUT2D eigenvalue weighted by atomic mass is 79.9. The molecule has 0 aliphatic carbocycles. The van der Waals surface area contributed by atoms with Gasteiger partial charge in [0.15, 0.2) is 0 Å². The highest BCUT2D eigenvalue weighted by molar-refractivity contribution is 9.09. The zero-order chi connectivity index (χ0) is 8.53. The molecule has 0 aliphatic heterocycles. The first-order valence-electron chi connectivity index (χ1n) is 4.48. The summed E-state index contributed by atoms with van der Waals surface area (Å²) >= 11 is 5.59. The maximum Gasteiger partial charge on any atom is 0.00595 e. The van der Waals surface area contributed by atoms with Crippen LogP contribution in [-0.4, -0.2) is 16.8 Å². The van der Waals surface area contributed by atoms with Gasteiger partial charge in [0, 0.05) is 5.33 Å². The van der Waals surface area contributed by atoms with E-state index in [9.17, 15) is 0 Å². The van der Waals surface area contributed by atoms with Gasteiger partial charge in [-0.2, -0.15) is 11.8 Å². The molecule has 68 valence electrons. The summed E-state index contributed by atoms with van der Waals surface area (Å²) in [6, 6.07) is 0. The molecular weight excluding hydrogens is 220 g/mol. The number of halogens is 1. The van der Waals surface area contributed by atoms with E-state index in [4.69, 9.17) is 0 Å². The van der Waals surface area contributed by atoms with Crippen molar-refractivity contribution in [3.63, 3.8) is 0 Å². The minimum atomic E-state index is 0.910. The molecule has 0 radical (unpaired) electrons. The van der Waals surface area contributed by atoms with Gasteiger partial charge in [-0.05, 0) is 30.3 Å². The van der Waals surface area contributed by atoms with Crippen LogP contribution in [0.2, 0.25) is 0 Å². The van der Waals surface area contributed by atoms with Crippen LogP contribution in [0.15, 0.2) is 0 Å². The average molecular weight is 239 g/mol. The van der Waals surface area contributed by atoms with Crippen LogP contribution >= 0.6 is 27.7 Å². The fourth-order valence-corrected chi connectivity index (χ4v) is 2.45. The van der Waals surface area contributed by atoms with E-state index in [2.05, 4.69) is 41.5 Å². The molecule has 0 amide bonds. The third-order valence-corrected chi connectivity index (χ3v) is 3.80. The third kappa shape index (κ3) is 7.20. The molecule has 11 heavy (non-hydrogen) atoms. The maximum atomic E-state index is 3.54. The van der Waals surface area contributed by atoms with Crippen LogP contribution in [0.4, 0.5) is 0 Å². The van der Waals surface area contributed by atoms with Crippen LogP contribution in [0, 0.1) is 5.92 Å². The maximum absolute atomic E-state index is 3.54. The molecular formula is C9H19BrS. The van der Waals surface area contributed by atoms with Crippen molar-refractivity contribution in [3.8, 4) is 0 Å². The number of rotatable bonds is 7. The van der Waals surface area contributed by atoms with Gasteiger partial charge in [-0.3, -0.25) is 0 Å². The molecule has 1 atom stereocenters. The second kappa shape index (κ2) is 8.92. The Hall–Kier alpha value is 0.830. The number of thioether (sulfide) groups is 1. The fourth-order valence-electron chi connectivity index (χ4n) is 1.01. The van der Waals surface area contributed by atoms with E-state index in [1.54, 1.807) is 0 Å². The fraction of sp³-hybridized carbons (Fsp3) is 1.00. The first-order valence-corrected chi connectivity index (χ1v) is 6.76. The van der Waals surface area contributed by atoms with Crippen LogP contribution < -0.4 is 0 Å². The molecule has 0 aliphatic rings. The normalized spacial score (nSPS) is 13.4. The van der Waals surface area contributed by atoms with E-state index in [0.717, 1.165) is 5.92 Å². The van der Waals surface area contributed by atoms with Gasteiger partial charge in [0.05, 0.1) is 0 Å². The molecule has 0 fully saturated rings.